The van der Waals surface area contributed by atoms with Gasteiger partial charge in [-0.2, -0.15) is 15.0 Å². The van der Waals surface area contributed by atoms with Gasteiger partial charge in [0.25, 0.3) is 0 Å². The summed E-state index contributed by atoms with van der Waals surface area (Å²) in [4.78, 5) is 35.0. The highest BCUT2D eigenvalue weighted by Gasteiger charge is 2.12. The Morgan fingerprint density at radius 2 is 1.88 bits per heavy atom. The SMILES string of the molecule is COC(=O)c1ccc(C)c(NC(=O)CSc2nc(N)nc(N)n2)c1. The van der Waals surface area contributed by atoms with Crippen LogP contribution in [-0.2, 0) is 9.53 Å². The van der Waals surface area contributed by atoms with Crippen molar-refractivity contribution in [2.45, 2.75) is 12.1 Å². The number of nitrogens with one attached hydrogen (secondary N) is 1. The Morgan fingerprint density at radius 1 is 1.21 bits per heavy atom. The number of rotatable bonds is 5. The zero-order valence-corrected chi connectivity index (χ0v) is 13.9. The number of aromatic nitrogens is 3. The van der Waals surface area contributed by atoms with E-state index < -0.39 is 5.97 Å². The van der Waals surface area contributed by atoms with E-state index in [-0.39, 0.29) is 28.7 Å². The maximum atomic E-state index is 12.1. The van der Waals surface area contributed by atoms with Crippen molar-refractivity contribution in [2.75, 3.05) is 29.6 Å². The summed E-state index contributed by atoms with van der Waals surface area (Å²) in [6.07, 6.45) is 0. The topological polar surface area (TPSA) is 146 Å². The molecule has 0 atom stereocenters. The van der Waals surface area contributed by atoms with Crippen molar-refractivity contribution < 1.29 is 14.3 Å². The molecule has 2 aromatic rings. The van der Waals surface area contributed by atoms with Crippen molar-refractivity contribution >= 4 is 41.2 Å². The molecular weight excluding hydrogens is 332 g/mol. The number of aryl methyl sites for hydroxylation is 1. The quantitative estimate of drug-likeness (QED) is 0.528. The lowest BCUT2D eigenvalue weighted by Crippen LogP contribution is -2.16. The first-order valence-electron chi connectivity index (χ1n) is 6.77. The summed E-state index contributed by atoms with van der Waals surface area (Å²) in [5.74, 6) is -0.733. The number of hydrogen-bond donors (Lipinski definition) is 3. The fraction of sp³-hybridized carbons (Fsp3) is 0.214. The van der Waals surface area contributed by atoms with Crippen molar-refractivity contribution in [3.05, 3.63) is 29.3 Å². The third-order valence-corrected chi connectivity index (χ3v) is 3.76. The van der Waals surface area contributed by atoms with Crippen LogP contribution in [0.15, 0.2) is 23.4 Å². The average molecular weight is 348 g/mol. The zero-order chi connectivity index (χ0) is 17.7. The van der Waals surface area contributed by atoms with E-state index in [2.05, 4.69) is 25.0 Å². The number of hydrogen-bond acceptors (Lipinski definition) is 9. The van der Waals surface area contributed by atoms with E-state index in [9.17, 15) is 9.59 Å². The Morgan fingerprint density at radius 3 is 2.50 bits per heavy atom. The van der Waals surface area contributed by atoms with Crippen LogP contribution in [0, 0.1) is 6.92 Å². The fourth-order valence-electron chi connectivity index (χ4n) is 1.77. The van der Waals surface area contributed by atoms with Crippen LogP contribution in [0.3, 0.4) is 0 Å². The van der Waals surface area contributed by atoms with Crippen LogP contribution in [0.5, 0.6) is 0 Å². The monoisotopic (exact) mass is 348 g/mol. The van der Waals surface area contributed by atoms with Crippen LogP contribution in [0.25, 0.3) is 0 Å². The summed E-state index contributed by atoms with van der Waals surface area (Å²) in [5, 5.41) is 2.99. The third-order valence-electron chi connectivity index (χ3n) is 2.91. The van der Waals surface area contributed by atoms with Gasteiger partial charge in [0.1, 0.15) is 0 Å². The van der Waals surface area contributed by atoms with Gasteiger partial charge in [-0.3, -0.25) is 4.79 Å². The number of amides is 1. The Labute approximate surface area is 142 Å². The number of esters is 1. The number of methoxy groups -OCH3 is 1. The predicted molar refractivity (Wildman–Crippen MR) is 90.5 cm³/mol. The van der Waals surface area contributed by atoms with Crippen molar-refractivity contribution in [3.63, 3.8) is 0 Å². The molecule has 5 N–H and O–H groups in total. The first kappa shape index (κ1) is 17.5. The molecule has 9 nitrogen and oxygen atoms in total. The standard InChI is InChI=1S/C14H16N6O3S/c1-7-3-4-8(11(22)23-2)5-9(7)17-10(21)6-24-14-19-12(15)18-13(16)20-14/h3-5H,6H2,1-2H3,(H,17,21)(H4,15,16,18,19,20). The van der Waals surface area contributed by atoms with Crippen LogP contribution < -0.4 is 16.8 Å². The van der Waals surface area contributed by atoms with Crippen molar-refractivity contribution in [1.29, 1.82) is 0 Å². The summed E-state index contributed by atoms with van der Waals surface area (Å²) < 4.78 is 4.66. The molecule has 0 unspecified atom stereocenters. The summed E-state index contributed by atoms with van der Waals surface area (Å²) >= 11 is 1.07. The van der Waals surface area contributed by atoms with Crippen LogP contribution in [0.2, 0.25) is 0 Å². The summed E-state index contributed by atoms with van der Waals surface area (Å²) in [6, 6.07) is 4.91. The molecule has 2 rings (SSSR count). The highest BCUT2D eigenvalue weighted by Crippen LogP contribution is 2.19. The van der Waals surface area contributed by atoms with Gasteiger partial charge in [0.05, 0.1) is 18.4 Å². The minimum atomic E-state index is -0.476. The number of nitrogen functional groups attached to an aromatic ring is 2. The zero-order valence-electron chi connectivity index (χ0n) is 13.1. The highest BCUT2D eigenvalue weighted by molar-refractivity contribution is 7.99. The number of thioether (sulfide) groups is 1. The van der Waals surface area contributed by atoms with Gasteiger partial charge in [0.2, 0.25) is 17.8 Å². The Bertz CT molecular complexity index is 763. The number of nitrogens with two attached hydrogens (primary N) is 2. The molecule has 1 aromatic heterocycles. The molecule has 10 heteroatoms. The van der Waals surface area contributed by atoms with Crippen LogP contribution in [0.1, 0.15) is 15.9 Å². The second-order valence-electron chi connectivity index (χ2n) is 4.69. The van der Waals surface area contributed by atoms with Gasteiger partial charge in [-0.15, -0.1) is 0 Å². The molecule has 0 saturated heterocycles. The van der Waals surface area contributed by atoms with Crippen molar-refractivity contribution in [2.24, 2.45) is 0 Å². The van der Waals surface area contributed by atoms with E-state index in [0.717, 1.165) is 17.3 Å². The van der Waals surface area contributed by atoms with Crippen LogP contribution in [0.4, 0.5) is 17.6 Å². The minimum absolute atomic E-state index is 0.00738. The van der Waals surface area contributed by atoms with Gasteiger partial charge in [0.15, 0.2) is 5.16 Å². The normalized spacial score (nSPS) is 10.2. The number of benzene rings is 1. The number of ether oxygens (including phenoxy) is 1. The van der Waals surface area contributed by atoms with E-state index in [1.165, 1.54) is 7.11 Å². The lowest BCUT2D eigenvalue weighted by molar-refractivity contribution is -0.113. The summed E-state index contributed by atoms with van der Waals surface area (Å²) in [5.41, 5.74) is 12.6. The Kier molecular flexibility index (Phi) is 5.53. The van der Waals surface area contributed by atoms with E-state index in [1.54, 1.807) is 18.2 Å². The number of nitrogens with zero attached hydrogens (tertiary/aromatic N) is 3. The molecule has 126 valence electrons. The second kappa shape index (κ2) is 7.59. The molecule has 0 aliphatic rings. The maximum absolute atomic E-state index is 12.1. The Balaban J connectivity index is 2.03. The van der Waals surface area contributed by atoms with Crippen molar-refractivity contribution in [3.8, 4) is 0 Å². The van der Waals surface area contributed by atoms with Crippen molar-refractivity contribution in [1.82, 2.24) is 15.0 Å². The number of carbonyl (C=O) groups is 2. The molecule has 0 saturated carbocycles. The van der Waals surface area contributed by atoms with E-state index >= 15 is 0 Å². The smallest absolute Gasteiger partial charge is 0.337 e. The highest BCUT2D eigenvalue weighted by atomic mass is 32.2. The van der Waals surface area contributed by atoms with E-state index in [1.807, 2.05) is 6.92 Å². The molecule has 0 spiro atoms. The molecule has 0 fully saturated rings. The maximum Gasteiger partial charge on any atom is 0.337 e. The fourth-order valence-corrected chi connectivity index (χ4v) is 2.42. The molecular formula is C14H16N6O3S. The average Bonchev–Trinajstić information content (AvgIpc) is 2.53. The molecule has 0 aliphatic carbocycles. The molecule has 0 bridgehead atoms. The van der Waals surface area contributed by atoms with Gasteiger partial charge < -0.3 is 21.5 Å². The number of carbonyl (C=O) groups excluding carboxylic acids is 2. The molecule has 0 radical (unpaired) electrons. The van der Waals surface area contributed by atoms with Gasteiger partial charge in [0, 0.05) is 5.69 Å². The predicted octanol–water partition coefficient (Wildman–Crippen LogP) is 0.862. The molecule has 1 aromatic carbocycles. The first-order chi connectivity index (χ1) is 11.4. The minimum Gasteiger partial charge on any atom is -0.465 e. The molecule has 0 aliphatic heterocycles. The lowest BCUT2D eigenvalue weighted by atomic mass is 10.1. The first-order valence-corrected chi connectivity index (χ1v) is 7.76. The third kappa shape index (κ3) is 4.56. The summed E-state index contributed by atoms with van der Waals surface area (Å²) in [7, 11) is 1.29. The molecule has 24 heavy (non-hydrogen) atoms. The van der Waals surface area contributed by atoms with Crippen LogP contribution >= 0.6 is 11.8 Å². The van der Waals surface area contributed by atoms with Crippen LogP contribution in [-0.4, -0.2) is 39.7 Å². The lowest BCUT2D eigenvalue weighted by Gasteiger charge is -2.10. The Hall–Kier alpha value is -2.88. The molecule has 1 amide bonds. The molecule has 1 heterocycles. The number of anilines is 3. The largest absolute Gasteiger partial charge is 0.465 e. The van der Waals surface area contributed by atoms with E-state index in [0.29, 0.717) is 11.3 Å². The van der Waals surface area contributed by atoms with Gasteiger partial charge >= 0.3 is 5.97 Å². The van der Waals surface area contributed by atoms with Gasteiger partial charge in [-0.1, -0.05) is 17.8 Å². The van der Waals surface area contributed by atoms with Gasteiger partial charge in [-0.25, -0.2) is 4.79 Å². The summed E-state index contributed by atoms with van der Waals surface area (Å²) in [6.45, 7) is 1.82. The van der Waals surface area contributed by atoms with Gasteiger partial charge in [-0.05, 0) is 24.6 Å². The van der Waals surface area contributed by atoms with E-state index in [4.69, 9.17) is 11.5 Å². The second-order valence-corrected chi connectivity index (χ2v) is 5.64.